The Balaban J connectivity index is 1.93. The van der Waals surface area contributed by atoms with Gasteiger partial charge in [-0.1, -0.05) is 11.2 Å². The molecule has 0 aromatic carbocycles. The molecule has 0 aliphatic carbocycles. The normalized spacial score (nSPS) is 10.6. The summed E-state index contributed by atoms with van der Waals surface area (Å²) in [5.41, 5.74) is 7.69. The van der Waals surface area contributed by atoms with Crippen LogP contribution >= 0.6 is 11.3 Å². The lowest BCUT2D eigenvalue weighted by Gasteiger charge is -2.13. The molecule has 0 bridgehead atoms. The Labute approximate surface area is 145 Å². The number of nitrogens with two attached hydrogens (primary N) is 1. The number of thiophene rings is 1. The molecular weight excluding hydrogens is 344 g/mol. The Kier molecular flexibility index (Phi) is 4.24. The van der Waals surface area contributed by atoms with Gasteiger partial charge >= 0.3 is 0 Å². The fourth-order valence-electron chi connectivity index (χ4n) is 2.41. The monoisotopic (exact) mass is 358 g/mol. The van der Waals surface area contributed by atoms with Crippen LogP contribution in [-0.2, 0) is 0 Å². The minimum Gasteiger partial charge on any atom is -0.365 e. The first-order chi connectivity index (χ1) is 11.9. The van der Waals surface area contributed by atoms with Gasteiger partial charge in [0.1, 0.15) is 5.56 Å². The number of aromatic nitrogens is 2. The Morgan fingerprint density at radius 2 is 2.08 bits per heavy atom. The summed E-state index contributed by atoms with van der Waals surface area (Å²) >= 11 is 1.44. The van der Waals surface area contributed by atoms with Crippen LogP contribution in [0.1, 0.15) is 32.1 Å². The van der Waals surface area contributed by atoms with E-state index < -0.39 is 17.4 Å². The number of amides is 2. The van der Waals surface area contributed by atoms with Crippen LogP contribution in [0.3, 0.4) is 0 Å². The van der Waals surface area contributed by atoms with Crippen molar-refractivity contribution in [2.75, 3.05) is 5.43 Å². The molecule has 3 rings (SSSR count). The maximum atomic E-state index is 12.4. The number of hydrogen-bond acceptors (Lipinski definition) is 6. The number of rotatable bonds is 4. The van der Waals surface area contributed by atoms with Gasteiger partial charge in [-0.3, -0.25) is 19.8 Å². The van der Waals surface area contributed by atoms with Gasteiger partial charge in [-0.2, -0.15) is 0 Å². The average molecular weight is 358 g/mol. The molecule has 3 aromatic heterocycles. The van der Waals surface area contributed by atoms with E-state index in [1.807, 2.05) is 17.5 Å². The van der Waals surface area contributed by atoms with E-state index in [-0.39, 0.29) is 11.3 Å². The van der Waals surface area contributed by atoms with Gasteiger partial charge in [0.2, 0.25) is 0 Å². The lowest BCUT2D eigenvalue weighted by molar-refractivity contribution is 0.0983. The van der Waals surface area contributed by atoms with E-state index in [1.54, 1.807) is 19.9 Å². The van der Waals surface area contributed by atoms with E-state index in [1.165, 1.54) is 17.4 Å². The average Bonchev–Trinajstić information content (AvgIpc) is 3.20. The topological polar surface area (TPSA) is 120 Å². The van der Waals surface area contributed by atoms with Crippen LogP contribution in [0.2, 0.25) is 0 Å². The largest absolute Gasteiger partial charge is 0.365 e. The lowest BCUT2D eigenvalue weighted by Crippen LogP contribution is -2.39. The van der Waals surface area contributed by atoms with Crippen LogP contribution in [-0.4, -0.2) is 21.6 Å². The lowest BCUT2D eigenvalue weighted by atomic mass is 10.1. The molecule has 0 unspecified atom stereocenters. The van der Waals surface area contributed by atoms with Gasteiger partial charge in [-0.25, -0.2) is 4.68 Å². The zero-order chi connectivity index (χ0) is 18.1. The van der Waals surface area contributed by atoms with Crippen molar-refractivity contribution in [1.82, 2.24) is 9.83 Å². The molecule has 0 atom stereocenters. The first-order valence-electron chi connectivity index (χ1n) is 7.23. The standard InChI is InChI=1S/C16H14N4O4S/c1-8-6-9(2)20(16(23)13(8)14(17)21)18-15(22)10-7-11(24-19-10)12-4-3-5-25-12/h3-7H,1-2H3,(H2,17,21)(H,18,22). The molecule has 0 radical (unpaired) electrons. The molecule has 8 nitrogen and oxygen atoms in total. The van der Waals surface area contributed by atoms with E-state index in [2.05, 4.69) is 10.6 Å². The van der Waals surface area contributed by atoms with Gasteiger partial charge in [-0.15, -0.1) is 11.3 Å². The van der Waals surface area contributed by atoms with Gasteiger partial charge in [0, 0.05) is 11.8 Å². The Hall–Kier alpha value is -3.20. The third kappa shape index (κ3) is 3.09. The second kappa shape index (κ2) is 6.36. The van der Waals surface area contributed by atoms with Crippen LogP contribution in [0.5, 0.6) is 0 Å². The van der Waals surface area contributed by atoms with Crippen molar-refractivity contribution in [1.29, 1.82) is 0 Å². The number of nitrogens with one attached hydrogen (secondary N) is 1. The molecule has 3 aromatic rings. The summed E-state index contributed by atoms with van der Waals surface area (Å²) in [6.07, 6.45) is 0. The van der Waals surface area contributed by atoms with Crippen molar-refractivity contribution < 1.29 is 14.1 Å². The fourth-order valence-corrected chi connectivity index (χ4v) is 3.08. The Morgan fingerprint density at radius 1 is 1.32 bits per heavy atom. The van der Waals surface area contributed by atoms with Gasteiger partial charge in [-0.05, 0) is 36.9 Å². The highest BCUT2D eigenvalue weighted by molar-refractivity contribution is 7.13. The van der Waals surface area contributed by atoms with Crippen molar-refractivity contribution in [2.45, 2.75) is 13.8 Å². The van der Waals surface area contributed by atoms with Crippen molar-refractivity contribution in [2.24, 2.45) is 5.73 Å². The van der Waals surface area contributed by atoms with Gasteiger partial charge in [0.15, 0.2) is 11.5 Å². The predicted molar refractivity (Wildman–Crippen MR) is 92.2 cm³/mol. The highest BCUT2D eigenvalue weighted by Crippen LogP contribution is 2.25. The first kappa shape index (κ1) is 16.7. The summed E-state index contributed by atoms with van der Waals surface area (Å²) in [7, 11) is 0. The highest BCUT2D eigenvalue weighted by atomic mass is 32.1. The number of carbonyl (C=O) groups is 2. The van der Waals surface area contributed by atoms with Crippen molar-refractivity contribution in [3.05, 3.63) is 62.5 Å². The van der Waals surface area contributed by atoms with Crippen LogP contribution in [0.25, 0.3) is 10.6 Å². The second-order valence-corrected chi connectivity index (χ2v) is 6.29. The van der Waals surface area contributed by atoms with Crippen LogP contribution in [0.4, 0.5) is 0 Å². The summed E-state index contributed by atoms with van der Waals surface area (Å²) in [5.74, 6) is -1.05. The van der Waals surface area contributed by atoms with Gasteiger partial charge in [0.05, 0.1) is 4.88 Å². The first-order valence-corrected chi connectivity index (χ1v) is 8.11. The molecule has 0 aliphatic rings. The molecule has 3 N–H and O–H groups in total. The molecule has 0 fully saturated rings. The molecule has 0 saturated carbocycles. The summed E-state index contributed by atoms with van der Waals surface area (Å²) in [5, 5.41) is 5.59. The van der Waals surface area contributed by atoms with Crippen LogP contribution < -0.4 is 16.7 Å². The summed E-state index contributed by atoms with van der Waals surface area (Å²) < 4.78 is 6.11. The smallest absolute Gasteiger partial charge is 0.292 e. The number of primary amides is 1. The second-order valence-electron chi connectivity index (χ2n) is 5.34. The van der Waals surface area contributed by atoms with E-state index in [4.69, 9.17) is 10.3 Å². The minimum absolute atomic E-state index is 0.0101. The molecule has 0 aliphatic heterocycles. The van der Waals surface area contributed by atoms with E-state index in [9.17, 15) is 14.4 Å². The van der Waals surface area contributed by atoms with Crippen molar-refractivity contribution >= 4 is 23.2 Å². The molecule has 9 heteroatoms. The molecule has 2 amide bonds. The summed E-state index contributed by atoms with van der Waals surface area (Å²) in [4.78, 5) is 37.1. The number of hydrogen-bond donors (Lipinski definition) is 2. The van der Waals surface area contributed by atoms with Crippen molar-refractivity contribution in [3.63, 3.8) is 0 Å². The SMILES string of the molecule is Cc1cc(C)n(NC(=O)c2cc(-c3cccs3)on2)c(=O)c1C(N)=O. The third-order valence-corrected chi connectivity index (χ3v) is 4.44. The number of aryl methyl sites for hydroxylation is 2. The van der Waals surface area contributed by atoms with Crippen LogP contribution in [0.15, 0.2) is 39.0 Å². The maximum Gasteiger partial charge on any atom is 0.292 e. The number of pyridine rings is 1. The zero-order valence-electron chi connectivity index (χ0n) is 13.4. The molecular formula is C16H14N4O4S. The van der Waals surface area contributed by atoms with Crippen molar-refractivity contribution in [3.8, 4) is 10.6 Å². The quantitative estimate of drug-likeness (QED) is 0.735. The Morgan fingerprint density at radius 3 is 2.72 bits per heavy atom. The maximum absolute atomic E-state index is 12.4. The van der Waals surface area contributed by atoms with E-state index in [0.717, 1.165) is 9.55 Å². The third-order valence-electron chi connectivity index (χ3n) is 3.56. The fraction of sp³-hybridized carbons (Fsp3) is 0.125. The minimum atomic E-state index is -0.855. The zero-order valence-corrected chi connectivity index (χ0v) is 14.2. The molecule has 25 heavy (non-hydrogen) atoms. The molecule has 0 spiro atoms. The Bertz CT molecular complexity index is 1020. The predicted octanol–water partition coefficient (Wildman–Crippen LogP) is 1.66. The summed E-state index contributed by atoms with van der Waals surface area (Å²) in [6.45, 7) is 3.23. The van der Waals surface area contributed by atoms with E-state index >= 15 is 0 Å². The molecule has 128 valence electrons. The van der Waals surface area contributed by atoms with Crippen LogP contribution in [0, 0.1) is 13.8 Å². The highest BCUT2D eigenvalue weighted by Gasteiger charge is 2.19. The van der Waals surface area contributed by atoms with Gasteiger partial charge in [0.25, 0.3) is 17.4 Å². The number of carbonyl (C=O) groups excluding carboxylic acids is 2. The van der Waals surface area contributed by atoms with Gasteiger partial charge < -0.3 is 10.3 Å². The molecule has 0 saturated heterocycles. The summed E-state index contributed by atoms with van der Waals surface area (Å²) in [6, 6.07) is 6.75. The molecule has 3 heterocycles. The van der Waals surface area contributed by atoms with E-state index in [0.29, 0.717) is 17.0 Å². The number of nitrogens with zero attached hydrogens (tertiary/aromatic N) is 2.